The Kier molecular flexibility index (Phi) is 5.62. The van der Waals surface area contributed by atoms with E-state index in [2.05, 4.69) is 26.1 Å². The quantitative estimate of drug-likeness (QED) is 0.791. The van der Waals surface area contributed by atoms with Crippen LogP contribution in [-0.2, 0) is 19.9 Å². The van der Waals surface area contributed by atoms with Gasteiger partial charge in [-0.15, -0.1) is 0 Å². The van der Waals surface area contributed by atoms with Gasteiger partial charge in [0.05, 0.1) is 0 Å². The molecule has 120 valence electrons. The Bertz CT molecular complexity index is 512. The Morgan fingerprint density at radius 1 is 1.10 bits per heavy atom. The van der Waals surface area contributed by atoms with Crippen molar-refractivity contribution in [2.45, 2.75) is 39.2 Å². The van der Waals surface area contributed by atoms with E-state index in [1.807, 2.05) is 0 Å². The minimum absolute atomic E-state index is 0.0551. The molecule has 0 saturated carbocycles. The van der Waals surface area contributed by atoms with Crippen LogP contribution in [0.1, 0.15) is 33.6 Å². The van der Waals surface area contributed by atoms with Crippen molar-refractivity contribution in [1.82, 2.24) is 9.62 Å². The van der Waals surface area contributed by atoms with Crippen LogP contribution in [0.3, 0.4) is 0 Å². The second-order valence-electron chi connectivity index (χ2n) is 6.63. The van der Waals surface area contributed by atoms with Crippen molar-refractivity contribution in [3.05, 3.63) is 0 Å². The number of hydrogen-bond donors (Lipinski definition) is 1. The SMILES string of the molecule is CC(C)(C)NCC1CCN(S(=O)(=O)CS(C)(=O)=O)CC1. The Balaban J connectivity index is 2.50. The van der Waals surface area contributed by atoms with E-state index in [1.165, 1.54) is 4.31 Å². The first-order valence-electron chi connectivity index (χ1n) is 6.80. The zero-order valence-electron chi connectivity index (χ0n) is 12.7. The number of nitrogens with one attached hydrogen (secondary N) is 1. The summed E-state index contributed by atoms with van der Waals surface area (Å²) >= 11 is 0. The molecule has 0 bridgehead atoms. The molecule has 0 aromatic carbocycles. The first kappa shape index (κ1) is 17.9. The van der Waals surface area contributed by atoms with Gasteiger partial charge in [-0.3, -0.25) is 0 Å². The fourth-order valence-corrected chi connectivity index (χ4v) is 5.71. The molecule has 1 aliphatic rings. The molecule has 0 aromatic rings. The van der Waals surface area contributed by atoms with Crippen LogP contribution in [0.15, 0.2) is 0 Å². The van der Waals surface area contributed by atoms with Gasteiger partial charge in [0, 0.05) is 24.9 Å². The third kappa shape index (κ3) is 6.51. The average Bonchev–Trinajstić information content (AvgIpc) is 2.22. The lowest BCUT2D eigenvalue weighted by Gasteiger charge is -2.33. The lowest BCUT2D eigenvalue weighted by Crippen LogP contribution is -2.45. The molecule has 8 heteroatoms. The van der Waals surface area contributed by atoms with Crippen molar-refractivity contribution in [2.24, 2.45) is 5.92 Å². The maximum absolute atomic E-state index is 12.0. The summed E-state index contributed by atoms with van der Waals surface area (Å²) in [7, 11) is -7.20. The number of sulfonamides is 1. The molecule has 1 rings (SSSR count). The van der Waals surface area contributed by atoms with Crippen LogP contribution >= 0.6 is 0 Å². The zero-order valence-corrected chi connectivity index (χ0v) is 14.3. The van der Waals surface area contributed by atoms with Crippen molar-refractivity contribution < 1.29 is 16.8 Å². The topological polar surface area (TPSA) is 83.6 Å². The molecule has 0 atom stereocenters. The van der Waals surface area contributed by atoms with Crippen molar-refractivity contribution in [3.8, 4) is 0 Å². The second kappa shape index (κ2) is 6.29. The Morgan fingerprint density at radius 2 is 1.60 bits per heavy atom. The van der Waals surface area contributed by atoms with Gasteiger partial charge in [0.1, 0.15) is 0 Å². The maximum Gasteiger partial charge on any atom is 0.228 e. The highest BCUT2D eigenvalue weighted by molar-refractivity contribution is 8.06. The molecule has 0 aliphatic carbocycles. The van der Waals surface area contributed by atoms with Crippen LogP contribution in [0.2, 0.25) is 0 Å². The molecule has 1 fully saturated rings. The predicted octanol–water partition coefficient (Wildman–Crippen LogP) is 0.418. The fourth-order valence-electron chi connectivity index (χ4n) is 2.19. The van der Waals surface area contributed by atoms with Crippen molar-refractivity contribution in [3.63, 3.8) is 0 Å². The minimum atomic E-state index is -3.68. The number of nitrogens with zero attached hydrogens (tertiary/aromatic N) is 1. The molecule has 1 N–H and O–H groups in total. The molecule has 6 nitrogen and oxygen atoms in total. The number of hydrogen-bond acceptors (Lipinski definition) is 5. The number of piperidine rings is 1. The highest BCUT2D eigenvalue weighted by atomic mass is 32.3. The van der Waals surface area contributed by atoms with E-state index >= 15 is 0 Å². The molecule has 0 spiro atoms. The third-order valence-electron chi connectivity index (χ3n) is 3.25. The summed E-state index contributed by atoms with van der Waals surface area (Å²) in [5, 5.41) is 2.63. The molecule has 0 unspecified atom stereocenters. The minimum Gasteiger partial charge on any atom is -0.312 e. The van der Waals surface area contributed by atoms with Crippen LogP contribution in [0, 0.1) is 5.92 Å². The fraction of sp³-hybridized carbons (Fsp3) is 1.00. The predicted molar refractivity (Wildman–Crippen MR) is 80.7 cm³/mol. The summed E-state index contributed by atoms with van der Waals surface area (Å²) in [5.74, 6) is 0.443. The summed E-state index contributed by atoms with van der Waals surface area (Å²) in [6, 6.07) is 0. The largest absolute Gasteiger partial charge is 0.312 e. The van der Waals surface area contributed by atoms with Crippen molar-refractivity contribution in [2.75, 3.05) is 31.0 Å². The van der Waals surface area contributed by atoms with Gasteiger partial charge < -0.3 is 5.32 Å². The summed E-state index contributed by atoms with van der Waals surface area (Å²) in [5.41, 5.74) is 0.0551. The lowest BCUT2D eigenvalue weighted by atomic mass is 9.97. The van der Waals surface area contributed by atoms with Crippen molar-refractivity contribution in [1.29, 1.82) is 0 Å². The molecule has 0 amide bonds. The Hall–Kier alpha value is -0.180. The Morgan fingerprint density at radius 3 is 2.00 bits per heavy atom. The molecule has 20 heavy (non-hydrogen) atoms. The van der Waals surface area contributed by atoms with Gasteiger partial charge in [-0.05, 0) is 46.1 Å². The van der Waals surface area contributed by atoms with E-state index < -0.39 is 24.9 Å². The van der Waals surface area contributed by atoms with E-state index in [-0.39, 0.29) is 5.54 Å². The van der Waals surface area contributed by atoms with E-state index in [4.69, 9.17) is 0 Å². The summed E-state index contributed by atoms with van der Waals surface area (Å²) in [4.78, 5) is 0. The summed E-state index contributed by atoms with van der Waals surface area (Å²) in [6.45, 7) is 7.97. The monoisotopic (exact) mass is 326 g/mol. The van der Waals surface area contributed by atoms with Gasteiger partial charge in [-0.1, -0.05) is 0 Å². The standard InChI is InChI=1S/C12H26N2O4S2/c1-12(2,3)13-9-11-5-7-14(8-6-11)20(17,18)10-19(4,15)16/h11,13H,5-10H2,1-4H3. The van der Waals surface area contributed by atoms with Gasteiger partial charge in [0.15, 0.2) is 14.9 Å². The third-order valence-corrected chi connectivity index (χ3v) is 7.31. The van der Waals surface area contributed by atoms with Crippen molar-refractivity contribution >= 4 is 19.9 Å². The highest BCUT2D eigenvalue weighted by Crippen LogP contribution is 2.20. The van der Waals surface area contributed by atoms with Gasteiger partial charge in [0.2, 0.25) is 10.0 Å². The number of sulfone groups is 1. The summed E-state index contributed by atoms with van der Waals surface area (Å²) < 4.78 is 47.5. The van der Waals surface area contributed by atoms with Gasteiger partial charge in [-0.25, -0.2) is 21.1 Å². The molecule has 1 saturated heterocycles. The van der Waals surface area contributed by atoms with E-state index in [1.54, 1.807) is 0 Å². The van der Waals surface area contributed by atoms with Gasteiger partial charge in [0.25, 0.3) is 0 Å². The van der Waals surface area contributed by atoms with Crippen LogP contribution in [0.4, 0.5) is 0 Å². The molecule has 0 radical (unpaired) electrons. The molecular weight excluding hydrogens is 300 g/mol. The van der Waals surface area contributed by atoms with E-state index in [9.17, 15) is 16.8 Å². The van der Waals surface area contributed by atoms with E-state index in [0.29, 0.717) is 19.0 Å². The second-order valence-corrected chi connectivity index (χ2v) is 11.1. The molecule has 0 aromatic heterocycles. The molecular formula is C12H26N2O4S2. The van der Waals surface area contributed by atoms with Crippen LogP contribution in [0.5, 0.6) is 0 Å². The summed E-state index contributed by atoms with van der Waals surface area (Å²) in [6.07, 6.45) is 2.49. The first-order valence-corrected chi connectivity index (χ1v) is 10.5. The molecule has 1 aliphatic heterocycles. The molecule has 1 heterocycles. The number of rotatable bonds is 5. The van der Waals surface area contributed by atoms with Gasteiger partial charge in [-0.2, -0.15) is 0 Å². The van der Waals surface area contributed by atoms with Crippen LogP contribution < -0.4 is 5.32 Å². The van der Waals surface area contributed by atoms with E-state index in [0.717, 1.165) is 25.6 Å². The Labute approximate surface area is 122 Å². The highest BCUT2D eigenvalue weighted by Gasteiger charge is 2.30. The first-order chi connectivity index (χ1) is 8.89. The van der Waals surface area contributed by atoms with Crippen LogP contribution in [-0.4, -0.2) is 57.7 Å². The zero-order chi connectivity index (χ0) is 15.6. The van der Waals surface area contributed by atoms with Gasteiger partial charge >= 0.3 is 0 Å². The van der Waals surface area contributed by atoms with Crippen LogP contribution in [0.25, 0.3) is 0 Å². The lowest BCUT2D eigenvalue weighted by molar-refractivity contribution is 0.252. The maximum atomic E-state index is 12.0. The average molecular weight is 326 g/mol. The smallest absolute Gasteiger partial charge is 0.228 e. The normalized spacial score (nSPS) is 20.2.